The van der Waals surface area contributed by atoms with E-state index in [2.05, 4.69) is 0 Å². The number of ether oxygens (including phenoxy) is 1. The van der Waals surface area contributed by atoms with Crippen molar-refractivity contribution in [1.82, 2.24) is 4.90 Å². The molecule has 3 rings (SSSR count). The Bertz CT molecular complexity index is 746. The highest BCUT2D eigenvalue weighted by Crippen LogP contribution is 2.23. The third kappa shape index (κ3) is 4.73. The molecule has 5 heteroatoms. The number of carbonyl (C=O) groups is 2. The largest absolute Gasteiger partial charge is 0.459 e. The highest BCUT2D eigenvalue weighted by Gasteiger charge is 2.34. The molecule has 0 saturated carbocycles. The van der Waals surface area contributed by atoms with Crippen molar-refractivity contribution in [1.29, 1.82) is 0 Å². The monoisotopic (exact) mass is 353 g/mol. The van der Waals surface area contributed by atoms with Gasteiger partial charge in [0.2, 0.25) is 5.91 Å². The summed E-state index contributed by atoms with van der Waals surface area (Å²) in [6, 6.07) is 18.6. The number of hydrogen-bond acceptors (Lipinski definition) is 4. The van der Waals surface area contributed by atoms with E-state index in [0.717, 1.165) is 11.1 Å². The molecule has 2 aromatic carbocycles. The van der Waals surface area contributed by atoms with Gasteiger partial charge in [-0.25, -0.2) is 4.79 Å². The van der Waals surface area contributed by atoms with Crippen LogP contribution in [0.3, 0.4) is 0 Å². The van der Waals surface area contributed by atoms with Crippen molar-refractivity contribution in [2.24, 2.45) is 0 Å². The van der Waals surface area contributed by atoms with Crippen molar-refractivity contribution >= 4 is 29.7 Å². The zero-order valence-corrected chi connectivity index (χ0v) is 14.5. The smallest absolute Gasteiger partial charge is 0.330 e. The van der Waals surface area contributed by atoms with E-state index < -0.39 is 6.04 Å². The van der Waals surface area contributed by atoms with Crippen LogP contribution in [0.4, 0.5) is 0 Å². The molecule has 0 bridgehead atoms. The van der Waals surface area contributed by atoms with Gasteiger partial charge in [-0.1, -0.05) is 60.7 Å². The van der Waals surface area contributed by atoms with Crippen molar-refractivity contribution in [3.05, 3.63) is 77.9 Å². The molecule has 1 fully saturated rings. The first-order chi connectivity index (χ1) is 12.2. The van der Waals surface area contributed by atoms with Gasteiger partial charge in [0.05, 0.1) is 5.88 Å². The predicted molar refractivity (Wildman–Crippen MR) is 99.7 cm³/mol. The Morgan fingerprint density at radius 3 is 2.48 bits per heavy atom. The van der Waals surface area contributed by atoms with Crippen LogP contribution in [0.25, 0.3) is 6.08 Å². The van der Waals surface area contributed by atoms with E-state index >= 15 is 0 Å². The van der Waals surface area contributed by atoms with Gasteiger partial charge in [0, 0.05) is 11.8 Å². The molecular formula is C20H19NO3S. The summed E-state index contributed by atoms with van der Waals surface area (Å²) in [6.07, 6.45) is 3.27. The van der Waals surface area contributed by atoms with Gasteiger partial charge in [0.1, 0.15) is 12.6 Å². The van der Waals surface area contributed by atoms with Crippen LogP contribution in [-0.4, -0.2) is 34.4 Å². The van der Waals surface area contributed by atoms with Crippen molar-refractivity contribution < 1.29 is 14.3 Å². The van der Waals surface area contributed by atoms with Crippen LogP contribution >= 0.6 is 11.8 Å². The second-order valence-corrected chi connectivity index (χ2v) is 6.66. The summed E-state index contributed by atoms with van der Waals surface area (Å²) >= 11 is 1.56. The van der Waals surface area contributed by atoms with Gasteiger partial charge >= 0.3 is 5.97 Å². The van der Waals surface area contributed by atoms with E-state index in [4.69, 9.17) is 4.74 Å². The lowest BCUT2D eigenvalue weighted by atomic mass is 10.2. The average Bonchev–Trinajstić information content (AvgIpc) is 3.16. The second-order valence-electron chi connectivity index (χ2n) is 5.66. The molecule has 0 N–H and O–H groups in total. The number of amides is 1. The molecule has 1 heterocycles. The molecule has 0 aromatic heterocycles. The quantitative estimate of drug-likeness (QED) is 0.611. The summed E-state index contributed by atoms with van der Waals surface area (Å²) < 4.78 is 5.38. The average molecular weight is 353 g/mol. The number of hydrogen-bond donors (Lipinski definition) is 0. The number of thioether (sulfide) groups is 1. The lowest BCUT2D eigenvalue weighted by Crippen LogP contribution is -2.42. The number of benzene rings is 2. The van der Waals surface area contributed by atoms with Gasteiger partial charge in [-0.3, -0.25) is 4.79 Å². The molecule has 0 aliphatic carbocycles. The number of carbonyl (C=O) groups excluding carboxylic acids is 2. The molecule has 1 unspecified atom stereocenters. The van der Waals surface area contributed by atoms with E-state index in [1.165, 1.54) is 6.08 Å². The topological polar surface area (TPSA) is 46.6 Å². The zero-order chi connectivity index (χ0) is 17.5. The summed E-state index contributed by atoms with van der Waals surface area (Å²) in [5.41, 5.74) is 1.88. The SMILES string of the molecule is O=C(OCc1ccccc1)C1CSCN1C(=O)/C=C/c1ccccc1. The van der Waals surface area contributed by atoms with E-state index in [0.29, 0.717) is 11.6 Å². The molecular weight excluding hydrogens is 334 g/mol. The van der Waals surface area contributed by atoms with Crippen LogP contribution in [0.15, 0.2) is 66.7 Å². The molecule has 1 amide bonds. The molecule has 128 valence electrons. The Morgan fingerprint density at radius 1 is 1.08 bits per heavy atom. The molecule has 1 aliphatic heterocycles. The van der Waals surface area contributed by atoms with Gasteiger partial charge in [0.15, 0.2) is 0 Å². The van der Waals surface area contributed by atoms with Gasteiger partial charge in [0.25, 0.3) is 0 Å². The van der Waals surface area contributed by atoms with Crippen molar-refractivity contribution in [2.45, 2.75) is 12.6 Å². The summed E-state index contributed by atoms with van der Waals surface area (Å²) in [5, 5.41) is 0. The first-order valence-corrected chi connectivity index (χ1v) is 9.21. The minimum Gasteiger partial charge on any atom is -0.459 e. The highest BCUT2D eigenvalue weighted by molar-refractivity contribution is 7.99. The number of nitrogens with zero attached hydrogens (tertiary/aromatic N) is 1. The standard InChI is InChI=1S/C20H19NO3S/c22-19(12-11-16-7-3-1-4-8-16)21-15-25-14-18(21)20(23)24-13-17-9-5-2-6-10-17/h1-12,18H,13-15H2/b12-11+. The summed E-state index contributed by atoms with van der Waals surface area (Å²) in [4.78, 5) is 26.3. The lowest BCUT2D eigenvalue weighted by Gasteiger charge is -2.21. The Balaban J connectivity index is 1.58. The maximum Gasteiger partial charge on any atom is 0.330 e. The third-order valence-electron chi connectivity index (χ3n) is 3.88. The molecule has 1 saturated heterocycles. The van der Waals surface area contributed by atoms with Crippen molar-refractivity contribution in [3.8, 4) is 0 Å². The highest BCUT2D eigenvalue weighted by atomic mass is 32.2. The molecule has 2 aromatic rings. The van der Waals surface area contributed by atoms with Crippen LogP contribution in [-0.2, 0) is 20.9 Å². The van der Waals surface area contributed by atoms with E-state index in [1.54, 1.807) is 22.7 Å². The van der Waals surface area contributed by atoms with Crippen LogP contribution in [0, 0.1) is 0 Å². The normalized spacial score (nSPS) is 17.0. The maximum atomic E-state index is 12.4. The fourth-order valence-corrected chi connectivity index (χ4v) is 3.66. The van der Waals surface area contributed by atoms with E-state index in [1.807, 2.05) is 60.7 Å². The Kier molecular flexibility index (Phi) is 5.90. The van der Waals surface area contributed by atoms with Crippen molar-refractivity contribution in [3.63, 3.8) is 0 Å². The molecule has 25 heavy (non-hydrogen) atoms. The molecule has 4 nitrogen and oxygen atoms in total. The van der Waals surface area contributed by atoms with Gasteiger partial charge in [-0.2, -0.15) is 0 Å². The molecule has 0 spiro atoms. The Labute approximate surface area is 151 Å². The van der Waals surface area contributed by atoms with Gasteiger partial charge < -0.3 is 9.64 Å². The summed E-state index contributed by atoms with van der Waals surface area (Å²) in [6.45, 7) is 0.225. The fraction of sp³-hybridized carbons (Fsp3) is 0.200. The fourth-order valence-electron chi connectivity index (χ4n) is 2.51. The Hall–Kier alpha value is -2.53. The summed E-state index contributed by atoms with van der Waals surface area (Å²) in [5.74, 6) is 0.549. The zero-order valence-electron chi connectivity index (χ0n) is 13.7. The molecule has 1 atom stereocenters. The Morgan fingerprint density at radius 2 is 1.76 bits per heavy atom. The van der Waals surface area contributed by atoms with Crippen LogP contribution in [0.2, 0.25) is 0 Å². The lowest BCUT2D eigenvalue weighted by molar-refractivity contribution is -0.152. The van der Waals surface area contributed by atoms with Crippen LogP contribution in [0.1, 0.15) is 11.1 Å². The first-order valence-electron chi connectivity index (χ1n) is 8.06. The number of rotatable bonds is 5. The van der Waals surface area contributed by atoms with Gasteiger partial charge in [-0.15, -0.1) is 11.8 Å². The minimum atomic E-state index is -0.526. The van der Waals surface area contributed by atoms with E-state index in [-0.39, 0.29) is 18.5 Å². The van der Waals surface area contributed by atoms with Crippen molar-refractivity contribution in [2.75, 3.05) is 11.6 Å². The summed E-state index contributed by atoms with van der Waals surface area (Å²) in [7, 11) is 0. The van der Waals surface area contributed by atoms with Gasteiger partial charge in [-0.05, 0) is 17.2 Å². The predicted octanol–water partition coefficient (Wildman–Crippen LogP) is 3.34. The number of esters is 1. The van der Waals surface area contributed by atoms with Crippen LogP contribution in [0.5, 0.6) is 0 Å². The maximum absolute atomic E-state index is 12.4. The second kappa shape index (κ2) is 8.53. The molecule has 0 radical (unpaired) electrons. The molecule has 1 aliphatic rings. The first kappa shape index (κ1) is 17.3. The minimum absolute atomic E-state index is 0.171. The third-order valence-corrected chi connectivity index (χ3v) is 4.89. The van der Waals surface area contributed by atoms with E-state index in [9.17, 15) is 9.59 Å². The van der Waals surface area contributed by atoms with Crippen LogP contribution < -0.4 is 0 Å².